The van der Waals surface area contributed by atoms with Gasteiger partial charge in [-0.1, -0.05) is 152 Å². The van der Waals surface area contributed by atoms with E-state index in [1.165, 1.54) is 70.2 Å². The molecule has 0 amide bonds. The van der Waals surface area contributed by atoms with E-state index in [0.29, 0.717) is 0 Å². The van der Waals surface area contributed by atoms with Crippen LogP contribution in [0.3, 0.4) is 0 Å². The summed E-state index contributed by atoms with van der Waals surface area (Å²) >= 11 is 0. The van der Waals surface area contributed by atoms with Gasteiger partial charge in [0.05, 0.1) is 16.7 Å². The number of allylic oxidation sites excluding steroid dienone is 1. The zero-order valence-corrected chi connectivity index (χ0v) is 27.7. The molecule has 0 fully saturated rings. The second-order valence-electron chi connectivity index (χ2n) is 13.6. The standard InChI is InChI=1S/C48H31N3/c1-3-14-33-27-35(23-21-30(33)11-1)42-29-43(36-24-22-31-12-2-4-15-34(31)28-36)50-48(49-42)51-44-20-10-9-19-41(44)46-45-37-16-6-5-13-32(37)25-26-39(45)38-17-7-8-18-40(38)47(46)51/h1-29,48-49H. The van der Waals surface area contributed by atoms with Gasteiger partial charge in [0.15, 0.2) is 0 Å². The Balaban J connectivity index is 1.24. The van der Waals surface area contributed by atoms with Crippen molar-refractivity contribution in [1.29, 1.82) is 0 Å². The highest BCUT2D eigenvalue weighted by molar-refractivity contribution is 6.36. The van der Waals surface area contributed by atoms with Crippen LogP contribution in [0.4, 0.5) is 0 Å². The van der Waals surface area contributed by atoms with Gasteiger partial charge in [-0.25, -0.2) is 4.99 Å². The third-order valence-corrected chi connectivity index (χ3v) is 10.7. The molecule has 51 heavy (non-hydrogen) atoms. The number of nitrogens with one attached hydrogen (secondary N) is 1. The van der Waals surface area contributed by atoms with Crippen LogP contribution in [0.5, 0.6) is 0 Å². The van der Waals surface area contributed by atoms with Crippen LogP contribution in [0.2, 0.25) is 0 Å². The molecular weight excluding hydrogens is 619 g/mol. The van der Waals surface area contributed by atoms with Gasteiger partial charge in [-0.3, -0.25) is 0 Å². The van der Waals surface area contributed by atoms with Crippen molar-refractivity contribution in [2.45, 2.75) is 6.29 Å². The van der Waals surface area contributed by atoms with Gasteiger partial charge in [-0.2, -0.15) is 0 Å². The first-order chi connectivity index (χ1) is 25.3. The Morgan fingerprint density at radius 2 is 1.00 bits per heavy atom. The van der Waals surface area contributed by atoms with E-state index in [9.17, 15) is 0 Å². The number of aromatic nitrogens is 1. The van der Waals surface area contributed by atoms with Gasteiger partial charge < -0.3 is 9.88 Å². The monoisotopic (exact) mass is 649 g/mol. The molecule has 1 N–H and O–H groups in total. The zero-order valence-electron chi connectivity index (χ0n) is 27.7. The van der Waals surface area contributed by atoms with Crippen LogP contribution in [0.1, 0.15) is 17.4 Å². The summed E-state index contributed by atoms with van der Waals surface area (Å²) in [7, 11) is 0. The first-order valence-corrected chi connectivity index (χ1v) is 17.6. The van der Waals surface area contributed by atoms with Gasteiger partial charge in [0.1, 0.15) is 0 Å². The predicted molar refractivity (Wildman–Crippen MR) is 217 cm³/mol. The lowest BCUT2D eigenvalue weighted by Crippen LogP contribution is -2.29. The number of hydrogen-bond donors (Lipinski definition) is 1. The van der Waals surface area contributed by atoms with Crippen LogP contribution >= 0.6 is 0 Å². The lowest BCUT2D eigenvalue weighted by atomic mass is 9.93. The second-order valence-corrected chi connectivity index (χ2v) is 13.6. The number of hydrogen-bond acceptors (Lipinski definition) is 2. The number of benzene rings is 9. The Hall–Kier alpha value is -6.71. The molecule has 3 heteroatoms. The van der Waals surface area contributed by atoms with Crippen LogP contribution in [0, 0.1) is 0 Å². The maximum absolute atomic E-state index is 5.58. The fourth-order valence-electron chi connectivity index (χ4n) is 8.40. The Bertz CT molecular complexity index is 3130. The van der Waals surface area contributed by atoms with Crippen LogP contribution in [0.25, 0.3) is 81.4 Å². The molecule has 11 rings (SSSR count). The molecule has 2 heterocycles. The molecule has 9 aromatic carbocycles. The van der Waals surface area contributed by atoms with E-state index in [2.05, 4.69) is 186 Å². The summed E-state index contributed by atoms with van der Waals surface area (Å²) < 4.78 is 2.45. The molecule has 0 spiro atoms. The first-order valence-electron chi connectivity index (χ1n) is 17.6. The Labute approximate surface area is 294 Å². The number of rotatable bonds is 3. The molecule has 0 radical (unpaired) electrons. The van der Waals surface area contributed by atoms with Crippen LogP contribution in [-0.2, 0) is 0 Å². The molecule has 0 saturated carbocycles. The van der Waals surface area contributed by atoms with E-state index >= 15 is 0 Å². The quantitative estimate of drug-likeness (QED) is 0.190. The Kier molecular flexibility index (Phi) is 6.02. The lowest BCUT2D eigenvalue weighted by molar-refractivity contribution is 0.509. The topological polar surface area (TPSA) is 29.3 Å². The third-order valence-electron chi connectivity index (χ3n) is 10.7. The Morgan fingerprint density at radius 3 is 1.76 bits per heavy atom. The van der Waals surface area contributed by atoms with Gasteiger partial charge in [0, 0.05) is 32.8 Å². The van der Waals surface area contributed by atoms with Crippen molar-refractivity contribution < 1.29 is 0 Å². The van der Waals surface area contributed by atoms with E-state index in [4.69, 9.17) is 4.99 Å². The molecule has 0 bridgehead atoms. The van der Waals surface area contributed by atoms with Crippen molar-refractivity contribution in [2.75, 3.05) is 0 Å². The fraction of sp³-hybridized carbons (Fsp3) is 0.0208. The van der Waals surface area contributed by atoms with Crippen molar-refractivity contribution in [1.82, 2.24) is 9.88 Å². The highest BCUT2D eigenvalue weighted by Crippen LogP contribution is 2.45. The van der Waals surface area contributed by atoms with Gasteiger partial charge in [-0.05, 0) is 72.9 Å². The summed E-state index contributed by atoms with van der Waals surface area (Å²) in [4.78, 5) is 5.58. The second kappa shape index (κ2) is 10.9. The maximum atomic E-state index is 5.58. The van der Waals surface area contributed by atoms with Crippen molar-refractivity contribution in [3.8, 4) is 0 Å². The van der Waals surface area contributed by atoms with E-state index in [0.717, 1.165) is 28.1 Å². The number of fused-ring (bicyclic) bond motifs is 12. The SMILES string of the molecule is C1=C(c2ccc3ccccc3c2)NC(n2c3ccccc3c3c4c5ccccc5ccc4c4ccccc4c32)N=C1c1ccc2ccccc2c1. The minimum atomic E-state index is -0.406. The molecule has 1 aromatic heterocycles. The average Bonchev–Trinajstić information content (AvgIpc) is 3.55. The molecule has 1 aliphatic rings. The van der Waals surface area contributed by atoms with Crippen molar-refractivity contribution in [3.63, 3.8) is 0 Å². The smallest absolute Gasteiger partial charge is 0.201 e. The number of aliphatic imine (C=N–C) groups is 1. The van der Waals surface area contributed by atoms with E-state index < -0.39 is 6.29 Å². The average molecular weight is 650 g/mol. The zero-order chi connectivity index (χ0) is 33.5. The van der Waals surface area contributed by atoms with Crippen LogP contribution < -0.4 is 5.32 Å². The molecular formula is C48H31N3. The van der Waals surface area contributed by atoms with Crippen LogP contribution in [-0.4, -0.2) is 10.3 Å². The molecule has 1 aliphatic heterocycles. The van der Waals surface area contributed by atoms with Gasteiger partial charge in [0.25, 0.3) is 0 Å². The fourth-order valence-corrected chi connectivity index (χ4v) is 8.40. The highest BCUT2D eigenvalue weighted by Gasteiger charge is 2.26. The van der Waals surface area contributed by atoms with Crippen molar-refractivity contribution in [2.24, 2.45) is 4.99 Å². The summed E-state index contributed by atoms with van der Waals surface area (Å²) in [6.45, 7) is 0. The highest BCUT2D eigenvalue weighted by atomic mass is 15.3. The molecule has 1 unspecified atom stereocenters. The summed E-state index contributed by atoms with van der Waals surface area (Å²) in [5, 5.41) is 18.8. The summed E-state index contributed by atoms with van der Waals surface area (Å²) in [6, 6.07) is 61.6. The predicted octanol–water partition coefficient (Wildman–Crippen LogP) is 12.2. The molecule has 10 aromatic rings. The Morgan fingerprint density at radius 1 is 0.431 bits per heavy atom. The normalized spacial score (nSPS) is 14.9. The van der Waals surface area contributed by atoms with Crippen molar-refractivity contribution in [3.05, 3.63) is 187 Å². The number of para-hydroxylation sites is 1. The minimum absolute atomic E-state index is 0.406. The van der Waals surface area contributed by atoms with Crippen LogP contribution in [0.15, 0.2) is 181 Å². The van der Waals surface area contributed by atoms with E-state index in [1.807, 2.05) is 0 Å². The van der Waals surface area contributed by atoms with E-state index in [1.54, 1.807) is 0 Å². The van der Waals surface area contributed by atoms with Gasteiger partial charge in [0.2, 0.25) is 6.29 Å². The molecule has 1 atom stereocenters. The van der Waals surface area contributed by atoms with Gasteiger partial charge >= 0.3 is 0 Å². The summed E-state index contributed by atoms with van der Waals surface area (Å²) in [5.41, 5.74) is 6.57. The third kappa shape index (κ3) is 4.28. The van der Waals surface area contributed by atoms with Gasteiger partial charge in [-0.15, -0.1) is 0 Å². The largest absolute Gasteiger partial charge is 0.346 e. The van der Waals surface area contributed by atoms with Crippen molar-refractivity contribution >= 4 is 87.1 Å². The molecule has 0 aliphatic carbocycles. The molecule has 0 saturated heterocycles. The summed E-state index contributed by atoms with van der Waals surface area (Å²) in [6.07, 6.45) is 1.82. The number of nitrogens with zero attached hydrogens (tertiary/aromatic N) is 2. The first kappa shape index (κ1) is 28.2. The maximum Gasteiger partial charge on any atom is 0.201 e. The summed E-state index contributed by atoms with van der Waals surface area (Å²) in [5.74, 6) is 0. The minimum Gasteiger partial charge on any atom is -0.346 e. The van der Waals surface area contributed by atoms with E-state index in [-0.39, 0.29) is 0 Å². The molecule has 238 valence electrons. The lowest BCUT2D eigenvalue weighted by Gasteiger charge is -2.27. The molecule has 3 nitrogen and oxygen atoms in total.